The molecule has 0 heterocycles. The summed E-state index contributed by atoms with van der Waals surface area (Å²) in [5.74, 6) is -1.28. The van der Waals surface area contributed by atoms with Gasteiger partial charge in [-0.2, -0.15) is 0 Å². The Labute approximate surface area is 102 Å². The van der Waals surface area contributed by atoms with Gasteiger partial charge in [0.15, 0.2) is 0 Å². The zero-order valence-corrected chi connectivity index (χ0v) is 10.7. The number of carbonyl (C=O) groups excluding carboxylic acids is 1. The minimum atomic E-state index is -0.942. The van der Waals surface area contributed by atoms with Gasteiger partial charge in [-0.3, -0.25) is 9.59 Å². The Morgan fingerprint density at radius 2 is 2.00 bits per heavy atom. The molecule has 0 fully saturated rings. The largest absolute Gasteiger partial charge is 0.481 e. The fourth-order valence-electron chi connectivity index (χ4n) is 1.31. The van der Waals surface area contributed by atoms with E-state index in [1.54, 1.807) is 6.08 Å². The minimum Gasteiger partial charge on any atom is -0.481 e. The average Bonchev–Trinajstić information content (AvgIpc) is 2.14. The normalized spacial score (nSPS) is 14.8. The molecule has 0 aromatic carbocycles. The number of carboxylic acid groups (broad SMARTS) is 1. The first kappa shape index (κ1) is 15.6. The van der Waals surface area contributed by atoms with Crippen molar-refractivity contribution in [3.05, 3.63) is 12.7 Å². The molecule has 0 aliphatic heterocycles. The van der Waals surface area contributed by atoms with Crippen molar-refractivity contribution in [1.29, 1.82) is 0 Å². The van der Waals surface area contributed by atoms with Crippen LogP contribution in [0.5, 0.6) is 0 Å². The van der Waals surface area contributed by atoms with Gasteiger partial charge in [0.2, 0.25) is 5.91 Å². The topological polar surface area (TPSA) is 92.4 Å². The third-order valence-corrected chi connectivity index (χ3v) is 2.50. The molecule has 0 rings (SSSR count). The van der Waals surface area contributed by atoms with Gasteiger partial charge >= 0.3 is 5.97 Å². The quantitative estimate of drug-likeness (QED) is 0.603. The summed E-state index contributed by atoms with van der Waals surface area (Å²) in [6.45, 7) is 9.13. The predicted molar refractivity (Wildman–Crippen MR) is 66.4 cm³/mol. The third-order valence-electron chi connectivity index (χ3n) is 2.50. The van der Waals surface area contributed by atoms with Crippen LogP contribution in [0.25, 0.3) is 0 Å². The number of carboxylic acids is 1. The van der Waals surface area contributed by atoms with E-state index < -0.39 is 18.1 Å². The molecule has 0 spiro atoms. The van der Waals surface area contributed by atoms with Gasteiger partial charge in [0.25, 0.3) is 0 Å². The molecule has 0 saturated carbocycles. The van der Waals surface area contributed by atoms with Crippen molar-refractivity contribution < 1.29 is 14.7 Å². The molecule has 2 atom stereocenters. The lowest BCUT2D eigenvalue weighted by Crippen LogP contribution is -2.50. The van der Waals surface area contributed by atoms with Crippen molar-refractivity contribution >= 4 is 11.9 Å². The van der Waals surface area contributed by atoms with E-state index >= 15 is 0 Å². The lowest BCUT2D eigenvalue weighted by Gasteiger charge is -2.31. The van der Waals surface area contributed by atoms with E-state index in [4.69, 9.17) is 10.8 Å². The van der Waals surface area contributed by atoms with E-state index in [9.17, 15) is 9.59 Å². The van der Waals surface area contributed by atoms with Crippen LogP contribution in [0.3, 0.4) is 0 Å². The third kappa shape index (κ3) is 6.06. The van der Waals surface area contributed by atoms with Crippen LogP contribution in [0.15, 0.2) is 12.7 Å². The Morgan fingerprint density at radius 1 is 1.47 bits per heavy atom. The van der Waals surface area contributed by atoms with Crippen molar-refractivity contribution in [2.75, 3.05) is 0 Å². The summed E-state index contributed by atoms with van der Waals surface area (Å²) in [5, 5.41) is 11.5. The van der Waals surface area contributed by atoms with Crippen LogP contribution in [-0.2, 0) is 9.59 Å². The second-order valence-corrected chi connectivity index (χ2v) is 5.16. The highest BCUT2D eigenvalue weighted by molar-refractivity contribution is 5.82. The van der Waals surface area contributed by atoms with Crippen molar-refractivity contribution in [2.24, 2.45) is 11.1 Å². The number of carbonyl (C=O) groups is 2. The molecule has 0 aliphatic carbocycles. The highest BCUT2D eigenvalue weighted by Crippen LogP contribution is 2.21. The average molecular weight is 242 g/mol. The van der Waals surface area contributed by atoms with Gasteiger partial charge in [-0.05, 0) is 11.8 Å². The summed E-state index contributed by atoms with van der Waals surface area (Å²) in [6.07, 6.45) is 1.82. The van der Waals surface area contributed by atoms with E-state index in [2.05, 4.69) is 11.9 Å². The molecule has 0 saturated heterocycles. The summed E-state index contributed by atoms with van der Waals surface area (Å²) in [6, 6.07) is -1.12. The summed E-state index contributed by atoms with van der Waals surface area (Å²) in [7, 11) is 0. The first-order chi connectivity index (χ1) is 7.68. The maximum atomic E-state index is 11.7. The number of amides is 1. The molecule has 5 heteroatoms. The zero-order valence-electron chi connectivity index (χ0n) is 10.7. The Kier molecular flexibility index (Phi) is 5.88. The second-order valence-electron chi connectivity index (χ2n) is 5.16. The number of aliphatic carboxylic acids is 1. The van der Waals surface area contributed by atoms with Crippen LogP contribution in [0.4, 0.5) is 0 Å². The van der Waals surface area contributed by atoms with Crippen LogP contribution in [0, 0.1) is 5.41 Å². The SMILES string of the molecule is C=CCC(N)C(=O)NC(CC(=O)O)C(C)(C)C. The van der Waals surface area contributed by atoms with Crippen molar-refractivity contribution in [3.8, 4) is 0 Å². The lowest BCUT2D eigenvalue weighted by molar-refractivity contribution is -0.138. The van der Waals surface area contributed by atoms with Gasteiger partial charge in [0.05, 0.1) is 12.5 Å². The molecule has 0 aromatic heterocycles. The second kappa shape index (κ2) is 6.39. The number of hydrogen-bond donors (Lipinski definition) is 3. The fraction of sp³-hybridized carbons (Fsp3) is 0.667. The smallest absolute Gasteiger partial charge is 0.305 e. The number of nitrogens with one attached hydrogen (secondary N) is 1. The van der Waals surface area contributed by atoms with Crippen molar-refractivity contribution in [3.63, 3.8) is 0 Å². The molecule has 4 N–H and O–H groups in total. The monoisotopic (exact) mass is 242 g/mol. The standard InChI is InChI=1S/C12H22N2O3/c1-5-6-8(13)11(17)14-9(7-10(15)16)12(2,3)4/h5,8-9H,1,6-7,13H2,2-4H3,(H,14,17)(H,15,16). The van der Waals surface area contributed by atoms with Gasteiger partial charge in [0.1, 0.15) is 0 Å². The first-order valence-electron chi connectivity index (χ1n) is 5.57. The Hall–Kier alpha value is -1.36. The number of rotatable bonds is 6. The molecule has 0 aliphatic rings. The van der Waals surface area contributed by atoms with Gasteiger partial charge in [0, 0.05) is 6.04 Å². The molecule has 5 nitrogen and oxygen atoms in total. The van der Waals surface area contributed by atoms with Crippen molar-refractivity contribution in [2.45, 2.75) is 45.7 Å². The molecule has 17 heavy (non-hydrogen) atoms. The van der Waals surface area contributed by atoms with Crippen molar-refractivity contribution in [1.82, 2.24) is 5.32 Å². The molecule has 0 aromatic rings. The van der Waals surface area contributed by atoms with Crippen LogP contribution in [0.2, 0.25) is 0 Å². The number of hydrogen-bond acceptors (Lipinski definition) is 3. The van der Waals surface area contributed by atoms with Crippen LogP contribution < -0.4 is 11.1 Å². The van der Waals surface area contributed by atoms with E-state index in [0.29, 0.717) is 6.42 Å². The highest BCUT2D eigenvalue weighted by Gasteiger charge is 2.29. The minimum absolute atomic E-state index is 0.115. The summed E-state index contributed by atoms with van der Waals surface area (Å²) in [4.78, 5) is 22.4. The van der Waals surface area contributed by atoms with Gasteiger partial charge in [-0.1, -0.05) is 26.8 Å². The van der Waals surface area contributed by atoms with Crippen LogP contribution >= 0.6 is 0 Å². The number of nitrogens with two attached hydrogens (primary N) is 1. The molecule has 1 amide bonds. The Balaban J connectivity index is 4.59. The molecular weight excluding hydrogens is 220 g/mol. The summed E-state index contributed by atoms with van der Waals surface area (Å²) in [5.41, 5.74) is 5.29. The first-order valence-corrected chi connectivity index (χ1v) is 5.57. The van der Waals surface area contributed by atoms with Crippen LogP contribution in [-0.4, -0.2) is 29.1 Å². The van der Waals surface area contributed by atoms with E-state index in [-0.39, 0.29) is 17.7 Å². The van der Waals surface area contributed by atoms with Crippen LogP contribution in [0.1, 0.15) is 33.6 Å². The predicted octanol–water partition coefficient (Wildman–Crippen LogP) is 0.895. The highest BCUT2D eigenvalue weighted by atomic mass is 16.4. The Morgan fingerprint density at radius 3 is 2.35 bits per heavy atom. The fourth-order valence-corrected chi connectivity index (χ4v) is 1.31. The zero-order chi connectivity index (χ0) is 13.6. The maximum absolute atomic E-state index is 11.7. The molecular formula is C12H22N2O3. The van der Waals surface area contributed by atoms with Gasteiger partial charge < -0.3 is 16.2 Å². The Bertz CT molecular complexity index is 295. The van der Waals surface area contributed by atoms with Gasteiger partial charge in [-0.25, -0.2) is 0 Å². The lowest BCUT2D eigenvalue weighted by atomic mass is 9.84. The molecule has 2 unspecified atom stereocenters. The molecule has 0 bridgehead atoms. The van der Waals surface area contributed by atoms with E-state index in [1.807, 2.05) is 20.8 Å². The summed E-state index contributed by atoms with van der Waals surface area (Å²) < 4.78 is 0. The molecule has 0 radical (unpaired) electrons. The van der Waals surface area contributed by atoms with Gasteiger partial charge in [-0.15, -0.1) is 6.58 Å². The van der Waals surface area contributed by atoms with E-state index in [1.165, 1.54) is 0 Å². The maximum Gasteiger partial charge on any atom is 0.305 e. The molecule has 98 valence electrons. The van der Waals surface area contributed by atoms with E-state index in [0.717, 1.165) is 0 Å². The summed E-state index contributed by atoms with van der Waals surface area (Å²) >= 11 is 0.